The van der Waals surface area contributed by atoms with Gasteiger partial charge in [-0.3, -0.25) is 9.59 Å². The lowest BCUT2D eigenvalue weighted by molar-refractivity contribution is -0.115. The van der Waals surface area contributed by atoms with Crippen molar-refractivity contribution in [3.8, 4) is 0 Å². The quantitative estimate of drug-likeness (QED) is 0.405. The molecule has 2 aromatic heterocycles. The van der Waals surface area contributed by atoms with Crippen molar-refractivity contribution in [2.24, 2.45) is 0 Å². The highest BCUT2D eigenvalue weighted by molar-refractivity contribution is 8.00. The monoisotopic (exact) mass is 421 g/mol. The number of nitrogens with one attached hydrogen (secondary N) is 2. The Morgan fingerprint density at radius 3 is 2.89 bits per heavy atom. The highest BCUT2D eigenvalue weighted by Gasteiger charge is 2.29. The van der Waals surface area contributed by atoms with E-state index in [-0.39, 0.29) is 24.0 Å². The molecule has 1 amide bonds. The van der Waals surface area contributed by atoms with Crippen LogP contribution in [0, 0.1) is 0 Å². The minimum Gasteiger partial charge on any atom is -0.462 e. The second-order valence-corrected chi connectivity index (χ2v) is 8.86. The minimum atomic E-state index is -0.498. The molecule has 3 rings (SSSR count). The summed E-state index contributed by atoms with van der Waals surface area (Å²) in [6, 6.07) is 1.45. The fraction of sp³-hybridized carbons (Fsp3) is 0.474. The first-order chi connectivity index (χ1) is 13.4. The number of rotatable bonds is 7. The summed E-state index contributed by atoms with van der Waals surface area (Å²) in [5, 5.41) is 3.34. The molecule has 0 fully saturated rings. The van der Waals surface area contributed by atoms with Gasteiger partial charge in [0.15, 0.2) is 5.16 Å². The number of carbonyl (C=O) groups excluding carboxylic acids is 2. The van der Waals surface area contributed by atoms with Gasteiger partial charge in [0.1, 0.15) is 5.00 Å². The van der Waals surface area contributed by atoms with Gasteiger partial charge in [0, 0.05) is 16.6 Å². The van der Waals surface area contributed by atoms with Crippen molar-refractivity contribution in [3.05, 3.63) is 38.1 Å². The van der Waals surface area contributed by atoms with Crippen molar-refractivity contribution < 1.29 is 14.3 Å². The molecule has 1 atom stereocenters. The molecule has 2 N–H and O–H groups in total. The molecule has 0 unspecified atom stereocenters. The Labute approximate surface area is 171 Å². The van der Waals surface area contributed by atoms with Crippen LogP contribution in [0.15, 0.2) is 16.0 Å². The molecule has 150 valence electrons. The van der Waals surface area contributed by atoms with E-state index >= 15 is 0 Å². The average Bonchev–Trinajstić information content (AvgIpc) is 3.21. The zero-order valence-electron chi connectivity index (χ0n) is 16.1. The molecule has 28 heavy (non-hydrogen) atoms. The van der Waals surface area contributed by atoms with Crippen molar-refractivity contribution in [2.75, 3.05) is 11.9 Å². The Kier molecular flexibility index (Phi) is 6.56. The normalized spacial score (nSPS) is 13.8. The lowest BCUT2D eigenvalue weighted by Crippen LogP contribution is -2.24. The summed E-state index contributed by atoms with van der Waals surface area (Å²) >= 11 is 2.63. The first-order valence-corrected chi connectivity index (χ1v) is 11.0. The van der Waals surface area contributed by atoms with Crippen LogP contribution in [0.2, 0.25) is 0 Å². The number of nitrogens with zero attached hydrogens (tertiary/aromatic N) is 1. The predicted octanol–water partition coefficient (Wildman–Crippen LogP) is 3.18. The van der Waals surface area contributed by atoms with Crippen LogP contribution < -0.4 is 10.9 Å². The van der Waals surface area contributed by atoms with E-state index in [1.165, 1.54) is 29.2 Å². The van der Waals surface area contributed by atoms with Gasteiger partial charge in [-0.15, -0.1) is 11.3 Å². The van der Waals surface area contributed by atoms with Gasteiger partial charge >= 0.3 is 5.97 Å². The number of fused-ring (bicyclic) bond motifs is 1. The first-order valence-electron chi connectivity index (χ1n) is 9.32. The van der Waals surface area contributed by atoms with E-state index in [0.29, 0.717) is 27.8 Å². The third kappa shape index (κ3) is 4.47. The number of hydrogen-bond donors (Lipinski definition) is 2. The molecule has 2 heterocycles. The molecule has 0 bridgehead atoms. The third-order valence-corrected chi connectivity index (χ3v) is 6.62. The third-order valence-electron chi connectivity index (χ3n) is 4.43. The van der Waals surface area contributed by atoms with E-state index in [9.17, 15) is 14.4 Å². The molecule has 0 saturated heterocycles. The summed E-state index contributed by atoms with van der Waals surface area (Å²) < 4.78 is 5.19. The number of carbonyl (C=O) groups is 2. The predicted molar refractivity (Wildman–Crippen MR) is 110 cm³/mol. The molecule has 0 radical (unpaired) electrons. The number of aryl methyl sites for hydroxylation is 2. The second kappa shape index (κ2) is 8.91. The summed E-state index contributed by atoms with van der Waals surface area (Å²) in [5.74, 6) is -0.640. The molecule has 9 heteroatoms. The van der Waals surface area contributed by atoms with E-state index in [2.05, 4.69) is 15.3 Å². The van der Waals surface area contributed by atoms with Gasteiger partial charge in [-0.1, -0.05) is 18.7 Å². The van der Waals surface area contributed by atoms with Gasteiger partial charge < -0.3 is 15.0 Å². The minimum absolute atomic E-state index is 0.235. The molecular formula is C19H23N3O4S2. The number of esters is 1. The number of amides is 1. The standard InChI is InChI=1S/C19H23N3O4S2/c1-4-11-9-14(23)21-19(20-11)27-10(3)16(24)22-17-15(18(25)26-5-2)12-7-6-8-13(12)28-17/h9-10H,4-8H2,1-3H3,(H,22,24)(H,20,21,23)/t10-/m1/s1. The largest absolute Gasteiger partial charge is 0.462 e. The molecule has 0 aromatic carbocycles. The Balaban J connectivity index is 1.77. The fourth-order valence-electron chi connectivity index (χ4n) is 3.07. The van der Waals surface area contributed by atoms with Gasteiger partial charge in [-0.2, -0.15) is 0 Å². The van der Waals surface area contributed by atoms with Gasteiger partial charge in [0.25, 0.3) is 5.56 Å². The SMILES string of the molecule is CCOC(=O)c1c(NC(=O)[C@@H](C)Sc2nc(CC)cc(=O)[nH]2)sc2c1CCC2. The van der Waals surface area contributed by atoms with E-state index in [4.69, 9.17) is 4.74 Å². The summed E-state index contributed by atoms with van der Waals surface area (Å²) in [5.41, 5.74) is 1.93. The summed E-state index contributed by atoms with van der Waals surface area (Å²) in [4.78, 5) is 45.0. The van der Waals surface area contributed by atoms with Crippen LogP contribution in [0.1, 0.15) is 53.7 Å². The molecular weight excluding hydrogens is 398 g/mol. The second-order valence-electron chi connectivity index (χ2n) is 6.43. The fourth-order valence-corrected chi connectivity index (χ4v) is 5.18. The number of thiophene rings is 1. The summed E-state index contributed by atoms with van der Waals surface area (Å²) in [6.07, 6.45) is 3.40. The summed E-state index contributed by atoms with van der Waals surface area (Å²) in [6.45, 7) is 5.71. The summed E-state index contributed by atoms with van der Waals surface area (Å²) in [7, 11) is 0. The molecule has 0 spiro atoms. The van der Waals surface area contributed by atoms with Crippen molar-refractivity contribution >= 4 is 40.0 Å². The number of anilines is 1. The van der Waals surface area contributed by atoms with Crippen LogP contribution in [0.3, 0.4) is 0 Å². The number of ether oxygens (including phenoxy) is 1. The molecule has 7 nitrogen and oxygen atoms in total. The molecule has 0 saturated carbocycles. The van der Waals surface area contributed by atoms with E-state index in [0.717, 1.165) is 29.7 Å². The zero-order valence-corrected chi connectivity index (χ0v) is 17.7. The van der Waals surface area contributed by atoms with Crippen molar-refractivity contribution in [1.82, 2.24) is 9.97 Å². The van der Waals surface area contributed by atoms with Gasteiger partial charge in [0.2, 0.25) is 5.91 Å². The lowest BCUT2D eigenvalue weighted by atomic mass is 10.1. The Hall–Kier alpha value is -2.13. The van der Waals surface area contributed by atoms with Crippen molar-refractivity contribution in [3.63, 3.8) is 0 Å². The van der Waals surface area contributed by atoms with E-state index in [1.54, 1.807) is 13.8 Å². The maximum Gasteiger partial charge on any atom is 0.341 e. The van der Waals surface area contributed by atoms with Crippen LogP contribution in [0.25, 0.3) is 0 Å². The maximum absolute atomic E-state index is 12.7. The van der Waals surface area contributed by atoms with Crippen LogP contribution in [0.5, 0.6) is 0 Å². The zero-order chi connectivity index (χ0) is 20.3. The first kappa shape index (κ1) is 20.6. The average molecular weight is 422 g/mol. The topological polar surface area (TPSA) is 101 Å². The molecule has 1 aliphatic carbocycles. The number of hydrogen-bond acceptors (Lipinski definition) is 7. The van der Waals surface area contributed by atoms with Crippen LogP contribution in [0.4, 0.5) is 5.00 Å². The van der Waals surface area contributed by atoms with Crippen molar-refractivity contribution in [2.45, 2.75) is 56.9 Å². The van der Waals surface area contributed by atoms with E-state index < -0.39 is 5.25 Å². The van der Waals surface area contributed by atoms with Gasteiger partial charge in [-0.05, 0) is 45.1 Å². The van der Waals surface area contributed by atoms with E-state index in [1.807, 2.05) is 6.92 Å². The number of aromatic nitrogens is 2. The maximum atomic E-state index is 12.7. The highest BCUT2D eigenvalue weighted by atomic mass is 32.2. The van der Waals surface area contributed by atoms with Crippen molar-refractivity contribution in [1.29, 1.82) is 0 Å². The lowest BCUT2D eigenvalue weighted by Gasteiger charge is -2.12. The smallest absolute Gasteiger partial charge is 0.341 e. The number of H-pyrrole nitrogens is 1. The Morgan fingerprint density at radius 1 is 1.39 bits per heavy atom. The van der Waals surface area contributed by atoms with Crippen LogP contribution >= 0.6 is 23.1 Å². The van der Waals surface area contributed by atoms with Crippen LogP contribution in [-0.4, -0.2) is 33.7 Å². The van der Waals surface area contributed by atoms with Crippen LogP contribution in [-0.2, 0) is 28.8 Å². The van der Waals surface area contributed by atoms with Gasteiger partial charge in [0.05, 0.1) is 17.4 Å². The molecule has 2 aromatic rings. The molecule has 1 aliphatic rings. The number of aromatic amines is 1. The molecule has 0 aliphatic heterocycles. The van der Waals surface area contributed by atoms with Gasteiger partial charge in [-0.25, -0.2) is 9.78 Å². The Morgan fingerprint density at radius 2 is 2.18 bits per heavy atom. The highest BCUT2D eigenvalue weighted by Crippen LogP contribution is 2.39. The Bertz CT molecular complexity index is 951. The number of thioether (sulfide) groups is 1.